The Bertz CT molecular complexity index is 320. The second-order valence-electron chi connectivity index (χ2n) is 2.12. The van der Waals surface area contributed by atoms with Gasteiger partial charge < -0.3 is 0 Å². The predicted molar refractivity (Wildman–Crippen MR) is 48.8 cm³/mol. The molecular formula is C9H5BrFO. The number of allylic oxidation sites excluding steroid dienone is 1. The van der Waals surface area contributed by atoms with Gasteiger partial charge in [0.05, 0.1) is 4.47 Å². The zero-order valence-electron chi connectivity index (χ0n) is 6.05. The summed E-state index contributed by atoms with van der Waals surface area (Å²) < 4.78 is 13.2. The van der Waals surface area contributed by atoms with Crippen molar-refractivity contribution in [1.82, 2.24) is 0 Å². The first-order valence-electron chi connectivity index (χ1n) is 3.23. The molecule has 0 spiro atoms. The highest BCUT2D eigenvalue weighted by atomic mass is 79.9. The Morgan fingerprint density at radius 2 is 2.25 bits per heavy atom. The Morgan fingerprint density at radius 1 is 1.50 bits per heavy atom. The second kappa shape index (κ2) is 4.16. The molecule has 0 aliphatic heterocycles. The quantitative estimate of drug-likeness (QED) is 0.711. The van der Waals surface area contributed by atoms with E-state index in [0.29, 0.717) is 10.0 Å². The van der Waals surface area contributed by atoms with E-state index in [1.165, 1.54) is 18.2 Å². The Balaban J connectivity index is 2.96. The van der Waals surface area contributed by atoms with Gasteiger partial charge in [-0.3, -0.25) is 4.79 Å². The maximum Gasteiger partial charge on any atom is 0.225 e. The normalized spacial score (nSPS) is 10.5. The van der Waals surface area contributed by atoms with E-state index in [-0.39, 0.29) is 5.82 Å². The van der Waals surface area contributed by atoms with Crippen LogP contribution in [0.3, 0.4) is 0 Å². The second-order valence-corrected chi connectivity index (χ2v) is 2.98. The Hall–Kier alpha value is -0.960. The lowest BCUT2D eigenvalue weighted by atomic mass is 10.2. The van der Waals surface area contributed by atoms with Crippen LogP contribution in [-0.2, 0) is 4.79 Å². The lowest BCUT2D eigenvalue weighted by Gasteiger charge is -1.94. The molecule has 1 rings (SSSR count). The van der Waals surface area contributed by atoms with Crippen molar-refractivity contribution in [3.63, 3.8) is 0 Å². The molecule has 0 saturated carbocycles. The average Bonchev–Trinajstić information content (AvgIpc) is 2.07. The smallest absolute Gasteiger partial charge is 0.225 e. The molecule has 1 radical (unpaired) electrons. The molecule has 0 bridgehead atoms. The van der Waals surface area contributed by atoms with Gasteiger partial charge in [-0.15, -0.1) is 0 Å². The molecule has 0 saturated heterocycles. The van der Waals surface area contributed by atoms with E-state index in [2.05, 4.69) is 15.9 Å². The topological polar surface area (TPSA) is 17.1 Å². The minimum Gasteiger partial charge on any atom is -0.286 e. The SMILES string of the molecule is O=[C]/C=C/c1ccc(Br)c(F)c1. The fraction of sp³-hybridized carbons (Fsp3) is 0. The van der Waals surface area contributed by atoms with Crippen molar-refractivity contribution >= 4 is 28.3 Å². The summed E-state index contributed by atoms with van der Waals surface area (Å²) >= 11 is 3.02. The maximum absolute atomic E-state index is 12.8. The van der Waals surface area contributed by atoms with Crippen LogP contribution in [0.25, 0.3) is 6.08 Å². The van der Waals surface area contributed by atoms with Crippen LogP contribution in [0.4, 0.5) is 4.39 Å². The Morgan fingerprint density at radius 3 is 2.83 bits per heavy atom. The Labute approximate surface area is 78.0 Å². The third-order valence-electron chi connectivity index (χ3n) is 1.29. The highest BCUT2D eigenvalue weighted by Gasteiger charge is 1.97. The molecule has 1 aromatic carbocycles. The van der Waals surface area contributed by atoms with Crippen molar-refractivity contribution in [1.29, 1.82) is 0 Å². The van der Waals surface area contributed by atoms with Crippen LogP contribution >= 0.6 is 15.9 Å². The molecule has 0 unspecified atom stereocenters. The van der Waals surface area contributed by atoms with E-state index >= 15 is 0 Å². The number of benzene rings is 1. The first-order valence-corrected chi connectivity index (χ1v) is 4.02. The van der Waals surface area contributed by atoms with Gasteiger partial charge in [0.1, 0.15) is 5.82 Å². The van der Waals surface area contributed by atoms with Crippen molar-refractivity contribution in [3.05, 3.63) is 40.1 Å². The molecule has 1 nitrogen and oxygen atoms in total. The van der Waals surface area contributed by atoms with E-state index < -0.39 is 0 Å². The van der Waals surface area contributed by atoms with Gasteiger partial charge in [-0.05, 0) is 39.7 Å². The first-order chi connectivity index (χ1) is 5.74. The van der Waals surface area contributed by atoms with Gasteiger partial charge in [0.25, 0.3) is 0 Å². The van der Waals surface area contributed by atoms with E-state index in [4.69, 9.17) is 0 Å². The summed E-state index contributed by atoms with van der Waals surface area (Å²) in [5, 5.41) is 0. The van der Waals surface area contributed by atoms with E-state index in [0.717, 1.165) is 0 Å². The largest absolute Gasteiger partial charge is 0.286 e. The summed E-state index contributed by atoms with van der Waals surface area (Å²) in [6.45, 7) is 0. The summed E-state index contributed by atoms with van der Waals surface area (Å²) in [5.74, 6) is -0.344. The third kappa shape index (κ3) is 2.27. The van der Waals surface area contributed by atoms with Crippen LogP contribution in [0, 0.1) is 5.82 Å². The number of hydrogen-bond acceptors (Lipinski definition) is 1. The summed E-state index contributed by atoms with van der Waals surface area (Å²) in [6.07, 6.45) is 4.27. The van der Waals surface area contributed by atoms with Gasteiger partial charge in [0, 0.05) is 0 Å². The lowest BCUT2D eigenvalue weighted by Crippen LogP contribution is -1.78. The van der Waals surface area contributed by atoms with Crippen molar-refractivity contribution < 1.29 is 9.18 Å². The summed E-state index contributed by atoms with van der Waals surface area (Å²) in [6, 6.07) is 4.61. The average molecular weight is 228 g/mol. The third-order valence-corrected chi connectivity index (χ3v) is 1.93. The molecule has 0 N–H and O–H groups in total. The van der Waals surface area contributed by atoms with Crippen LogP contribution in [0.5, 0.6) is 0 Å². The van der Waals surface area contributed by atoms with E-state index in [1.54, 1.807) is 18.4 Å². The monoisotopic (exact) mass is 227 g/mol. The molecule has 0 atom stereocenters. The van der Waals surface area contributed by atoms with Crippen LogP contribution in [-0.4, -0.2) is 6.29 Å². The number of hydrogen-bond donors (Lipinski definition) is 0. The minimum atomic E-state index is -0.344. The van der Waals surface area contributed by atoms with Gasteiger partial charge in [0.15, 0.2) is 0 Å². The molecule has 1 aromatic rings. The molecule has 0 heterocycles. The van der Waals surface area contributed by atoms with E-state index in [1.807, 2.05) is 0 Å². The number of carbonyl (C=O) groups excluding carboxylic acids is 1. The van der Waals surface area contributed by atoms with Crippen LogP contribution in [0.2, 0.25) is 0 Å². The molecule has 0 fully saturated rings. The van der Waals surface area contributed by atoms with Crippen LogP contribution in [0.15, 0.2) is 28.7 Å². The molecular weight excluding hydrogens is 223 g/mol. The van der Waals surface area contributed by atoms with Crippen molar-refractivity contribution in [3.8, 4) is 0 Å². The van der Waals surface area contributed by atoms with Crippen molar-refractivity contribution in [2.24, 2.45) is 0 Å². The molecule has 12 heavy (non-hydrogen) atoms. The van der Waals surface area contributed by atoms with Gasteiger partial charge >= 0.3 is 0 Å². The highest BCUT2D eigenvalue weighted by Crippen LogP contribution is 2.16. The number of halogens is 2. The van der Waals surface area contributed by atoms with Gasteiger partial charge in [-0.1, -0.05) is 12.1 Å². The van der Waals surface area contributed by atoms with Crippen molar-refractivity contribution in [2.45, 2.75) is 0 Å². The molecule has 0 amide bonds. The van der Waals surface area contributed by atoms with Gasteiger partial charge in [-0.25, -0.2) is 4.39 Å². The van der Waals surface area contributed by atoms with Gasteiger partial charge in [-0.2, -0.15) is 0 Å². The molecule has 3 heteroatoms. The van der Waals surface area contributed by atoms with Crippen LogP contribution < -0.4 is 0 Å². The standard InChI is InChI=1S/C9H5BrFO/c10-8-4-3-7(2-1-5-12)6-9(8)11/h1-4,6H/b2-1+. The summed E-state index contributed by atoms with van der Waals surface area (Å²) in [7, 11) is 0. The lowest BCUT2D eigenvalue weighted by molar-refractivity contribution is 0.564. The maximum atomic E-state index is 12.8. The zero-order chi connectivity index (χ0) is 8.97. The van der Waals surface area contributed by atoms with Gasteiger partial charge in [0.2, 0.25) is 6.29 Å². The first kappa shape index (κ1) is 9.13. The highest BCUT2D eigenvalue weighted by molar-refractivity contribution is 9.10. The molecule has 61 valence electrons. The molecule has 0 aliphatic carbocycles. The zero-order valence-corrected chi connectivity index (χ0v) is 7.64. The number of rotatable bonds is 2. The fourth-order valence-electron chi connectivity index (χ4n) is 0.746. The van der Waals surface area contributed by atoms with E-state index in [9.17, 15) is 9.18 Å². The Kier molecular flexibility index (Phi) is 3.17. The predicted octanol–water partition coefficient (Wildman–Crippen LogP) is 2.71. The van der Waals surface area contributed by atoms with Crippen LogP contribution in [0.1, 0.15) is 5.56 Å². The molecule has 0 aliphatic rings. The fourth-order valence-corrected chi connectivity index (χ4v) is 0.993. The molecule has 0 aromatic heterocycles. The van der Waals surface area contributed by atoms with Crippen molar-refractivity contribution in [2.75, 3.05) is 0 Å². The summed E-state index contributed by atoms with van der Waals surface area (Å²) in [4.78, 5) is 9.82. The summed E-state index contributed by atoms with van der Waals surface area (Å²) in [5.41, 5.74) is 0.638. The minimum absolute atomic E-state index is 0.344.